The number of phenolic OH excluding ortho intramolecular Hbond substituents is 1. The molecule has 1 amide bonds. The smallest absolute Gasteiger partial charge is 0.251 e. The first kappa shape index (κ1) is 11.9. The Labute approximate surface area is 94.1 Å². The van der Waals surface area contributed by atoms with Crippen LogP contribution in [0.15, 0.2) is 18.2 Å². The van der Waals surface area contributed by atoms with Crippen LogP contribution in [0.25, 0.3) is 0 Å². The van der Waals surface area contributed by atoms with Crippen LogP contribution in [0.1, 0.15) is 22.8 Å². The maximum absolute atomic E-state index is 11.6. The number of aromatic hydroxyl groups is 1. The normalized spacial score (nSPS) is 12.2. The third-order valence-electron chi connectivity index (χ3n) is 2.09. The third-order valence-corrected chi connectivity index (χ3v) is 2.25. The summed E-state index contributed by atoms with van der Waals surface area (Å²) < 4.78 is 0. The zero-order chi connectivity index (χ0) is 11.4. The number of benzene rings is 1. The molecule has 1 aromatic carbocycles. The minimum Gasteiger partial charge on any atom is -0.508 e. The van der Waals surface area contributed by atoms with E-state index in [0.29, 0.717) is 17.7 Å². The monoisotopic (exact) mass is 227 g/mol. The van der Waals surface area contributed by atoms with Crippen LogP contribution in [0.5, 0.6) is 5.75 Å². The van der Waals surface area contributed by atoms with E-state index >= 15 is 0 Å². The molecule has 2 N–H and O–H groups in total. The van der Waals surface area contributed by atoms with Crippen molar-refractivity contribution in [1.82, 2.24) is 5.32 Å². The van der Waals surface area contributed by atoms with Gasteiger partial charge in [0.25, 0.3) is 5.91 Å². The molecule has 0 aliphatic carbocycles. The van der Waals surface area contributed by atoms with Crippen LogP contribution in [-0.2, 0) is 0 Å². The Bertz CT molecular complexity index is 364. The number of phenols is 1. The first-order valence-electron chi connectivity index (χ1n) is 4.73. The zero-order valence-corrected chi connectivity index (χ0v) is 9.51. The van der Waals surface area contributed by atoms with Gasteiger partial charge in [0.05, 0.1) is 0 Å². The highest BCUT2D eigenvalue weighted by molar-refractivity contribution is 6.20. The van der Waals surface area contributed by atoms with Crippen molar-refractivity contribution >= 4 is 17.5 Å². The fourth-order valence-corrected chi connectivity index (χ4v) is 1.28. The van der Waals surface area contributed by atoms with Crippen molar-refractivity contribution in [2.45, 2.75) is 19.2 Å². The summed E-state index contributed by atoms with van der Waals surface area (Å²) in [4.78, 5) is 11.6. The van der Waals surface area contributed by atoms with Gasteiger partial charge in [-0.3, -0.25) is 4.79 Å². The number of hydrogen-bond donors (Lipinski definition) is 2. The van der Waals surface area contributed by atoms with Crippen LogP contribution < -0.4 is 5.32 Å². The minimum absolute atomic E-state index is 0.105. The number of alkyl halides is 1. The van der Waals surface area contributed by atoms with Crippen LogP contribution >= 0.6 is 11.6 Å². The molecule has 0 heterocycles. The molecule has 0 saturated carbocycles. The van der Waals surface area contributed by atoms with E-state index in [2.05, 4.69) is 5.32 Å². The average Bonchev–Trinajstić information content (AvgIpc) is 2.18. The number of nitrogens with one attached hydrogen (secondary N) is 1. The first-order valence-corrected chi connectivity index (χ1v) is 5.17. The number of rotatable bonds is 3. The largest absolute Gasteiger partial charge is 0.508 e. The van der Waals surface area contributed by atoms with Crippen molar-refractivity contribution in [1.29, 1.82) is 0 Å². The standard InChI is InChI=1S/C11H14ClNO2/c1-7(12)6-13-11(15)9-4-3-5-10(14)8(9)2/h3-5,7,14H,6H2,1-2H3,(H,13,15). The predicted molar refractivity (Wildman–Crippen MR) is 60.5 cm³/mol. The molecule has 0 bridgehead atoms. The summed E-state index contributed by atoms with van der Waals surface area (Å²) in [6.45, 7) is 3.92. The van der Waals surface area contributed by atoms with Gasteiger partial charge in [0.15, 0.2) is 0 Å². The van der Waals surface area contributed by atoms with Crippen molar-refractivity contribution < 1.29 is 9.90 Å². The molecule has 0 radical (unpaired) electrons. The van der Waals surface area contributed by atoms with Crippen LogP contribution in [0.2, 0.25) is 0 Å². The highest BCUT2D eigenvalue weighted by atomic mass is 35.5. The Morgan fingerprint density at radius 2 is 2.27 bits per heavy atom. The number of amides is 1. The van der Waals surface area contributed by atoms with E-state index in [-0.39, 0.29) is 17.0 Å². The van der Waals surface area contributed by atoms with Gasteiger partial charge in [-0.05, 0) is 26.0 Å². The van der Waals surface area contributed by atoms with Crippen molar-refractivity contribution in [3.8, 4) is 5.75 Å². The number of hydrogen-bond acceptors (Lipinski definition) is 2. The van der Waals surface area contributed by atoms with Gasteiger partial charge in [0.2, 0.25) is 0 Å². The Morgan fingerprint density at radius 1 is 1.60 bits per heavy atom. The van der Waals surface area contributed by atoms with E-state index in [1.54, 1.807) is 32.0 Å². The van der Waals surface area contributed by atoms with Gasteiger partial charge in [0, 0.05) is 23.0 Å². The summed E-state index contributed by atoms with van der Waals surface area (Å²) in [5, 5.41) is 12.0. The summed E-state index contributed by atoms with van der Waals surface area (Å²) in [6, 6.07) is 4.86. The van der Waals surface area contributed by atoms with E-state index in [1.807, 2.05) is 0 Å². The molecular weight excluding hydrogens is 214 g/mol. The van der Waals surface area contributed by atoms with E-state index < -0.39 is 0 Å². The predicted octanol–water partition coefficient (Wildman–Crippen LogP) is 2.06. The molecular formula is C11H14ClNO2. The zero-order valence-electron chi connectivity index (χ0n) is 8.75. The summed E-state index contributed by atoms with van der Waals surface area (Å²) in [7, 11) is 0. The highest BCUT2D eigenvalue weighted by Gasteiger charge is 2.11. The molecule has 0 spiro atoms. The molecule has 0 aromatic heterocycles. The molecule has 1 rings (SSSR count). The molecule has 4 heteroatoms. The molecule has 1 atom stereocenters. The summed E-state index contributed by atoms with van der Waals surface area (Å²) in [6.07, 6.45) is 0. The maximum atomic E-state index is 11.6. The molecule has 1 unspecified atom stereocenters. The summed E-state index contributed by atoms with van der Waals surface area (Å²) in [5.74, 6) is -0.0857. The van der Waals surface area contributed by atoms with E-state index in [1.165, 1.54) is 0 Å². The molecule has 0 aliphatic heterocycles. The lowest BCUT2D eigenvalue weighted by atomic mass is 10.1. The quantitative estimate of drug-likeness (QED) is 0.777. The van der Waals surface area contributed by atoms with Gasteiger partial charge >= 0.3 is 0 Å². The summed E-state index contributed by atoms with van der Waals surface area (Å²) >= 11 is 5.72. The van der Waals surface area contributed by atoms with Crippen molar-refractivity contribution in [2.24, 2.45) is 0 Å². The van der Waals surface area contributed by atoms with Gasteiger partial charge in [-0.1, -0.05) is 6.07 Å². The fourth-order valence-electron chi connectivity index (χ4n) is 1.20. The molecule has 15 heavy (non-hydrogen) atoms. The molecule has 0 fully saturated rings. The number of halogens is 1. The van der Waals surface area contributed by atoms with Gasteiger partial charge < -0.3 is 10.4 Å². The van der Waals surface area contributed by atoms with Crippen LogP contribution in [0, 0.1) is 6.92 Å². The Hall–Kier alpha value is -1.22. The summed E-state index contributed by atoms with van der Waals surface area (Å²) in [5.41, 5.74) is 1.06. The Morgan fingerprint density at radius 3 is 2.87 bits per heavy atom. The second kappa shape index (κ2) is 5.03. The van der Waals surface area contributed by atoms with Gasteiger partial charge in [-0.15, -0.1) is 11.6 Å². The maximum Gasteiger partial charge on any atom is 0.251 e. The van der Waals surface area contributed by atoms with Crippen molar-refractivity contribution in [3.63, 3.8) is 0 Å². The van der Waals surface area contributed by atoms with Crippen molar-refractivity contribution in [2.75, 3.05) is 6.54 Å². The average molecular weight is 228 g/mol. The number of carbonyl (C=O) groups is 1. The van der Waals surface area contributed by atoms with Crippen LogP contribution in [0.3, 0.4) is 0 Å². The fraction of sp³-hybridized carbons (Fsp3) is 0.364. The molecule has 1 aromatic rings. The van der Waals surface area contributed by atoms with Gasteiger partial charge in [-0.2, -0.15) is 0 Å². The lowest BCUT2D eigenvalue weighted by Crippen LogP contribution is -2.29. The molecule has 82 valence electrons. The van der Waals surface area contributed by atoms with Gasteiger partial charge in [-0.25, -0.2) is 0 Å². The van der Waals surface area contributed by atoms with Gasteiger partial charge in [0.1, 0.15) is 5.75 Å². The first-order chi connectivity index (χ1) is 7.02. The highest BCUT2D eigenvalue weighted by Crippen LogP contribution is 2.19. The van der Waals surface area contributed by atoms with E-state index in [0.717, 1.165) is 0 Å². The van der Waals surface area contributed by atoms with Crippen molar-refractivity contribution in [3.05, 3.63) is 29.3 Å². The van der Waals surface area contributed by atoms with Crippen LogP contribution in [0.4, 0.5) is 0 Å². The minimum atomic E-state index is -0.212. The third kappa shape index (κ3) is 3.13. The number of carbonyl (C=O) groups excluding carboxylic acids is 1. The Balaban J connectivity index is 2.78. The SMILES string of the molecule is Cc1c(O)cccc1C(=O)NCC(C)Cl. The lowest BCUT2D eigenvalue weighted by Gasteiger charge is -2.09. The topological polar surface area (TPSA) is 49.3 Å². The Kier molecular flexibility index (Phi) is 3.97. The molecule has 3 nitrogen and oxygen atoms in total. The van der Waals surface area contributed by atoms with Crippen LogP contribution in [-0.4, -0.2) is 22.9 Å². The molecule has 0 aliphatic rings. The van der Waals surface area contributed by atoms with E-state index in [9.17, 15) is 9.90 Å². The second-order valence-electron chi connectivity index (χ2n) is 3.44. The second-order valence-corrected chi connectivity index (χ2v) is 4.19. The lowest BCUT2D eigenvalue weighted by molar-refractivity contribution is 0.0953. The molecule has 0 saturated heterocycles. The van der Waals surface area contributed by atoms with E-state index in [4.69, 9.17) is 11.6 Å².